The number of rotatable bonds is 3. The molecule has 0 bridgehead atoms. The molecule has 0 radical (unpaired) electrons. The summed E-state index contributed by atoms with van der Waals surface area (Å²) in [6.45, 7) is 6.05. The smallest absolute Gasteiger partial charge is 0.177 e. The highest BCUT2D eigenvalue weighted by molar-refractivity contribution is 5.99. The Morgan fingerprint density at radius 2 is 2.32 bits per heavy atom. The van der Waals surface area contributed by atoms with Crippen LogP contribution in [0.25, 0.3) is 0 Å². The van der Waals surface area contributed by atoms with Crippen molar-refractivity contribution in [3.8, 4) is 6.07 Å². The molecule has 1 fully saturated rings. The first-order chi connectivity index (χ1) is 9.10. The second-order valence-electron chi connectivity index (χ2n) is 4.97. The molecular formula is C15H18N2O2. The SMILES string of the molecule is Cc1ccc(C(=O)CN2CCOC(C#N)C2)c(C)c1. The van der Waals surface area contributed by atoms with Gasteiger partial charge in [-0.15, -0.1) is 0 Å². The van der Waals surface area contributed by atoms with E-state index >= 15 is 0 Å². The van der Waals surface area contributed by atoms with E-state index < -0.39 is 6.10 Å². The van der Waals surface area contributed by atoms with Gasteiger partial charge in [0.15, 0.2) is 11.9 Å². The molecule has 1 aromatic rings. The number of hydrogen-bond acceptors (Lipinski definition) is 4. The zero-order valence-corrected chi connectivity index (χ0v) is 11.3. The molecule has 4 nitrogen and oxygen atoms in total. The van der Waals surface area contributed by atoms with Crippen LogP contribution in [0.2, 0.25) is 0 Å². The van der Waals surface area contributed by atoms with Crippen LogP contribution in [-0.4, -0.2) is 43.0 Å². The lowest BCUT2D eigenvalue weighted by Gasteiger charge is -2.29. The van der Waals surface area contributed by atoms with Gasteiger partial charge < -0.3 is 4.74 Å². The van der Waals surface area contributed by atoms with Gasteiger partial charge in [0.25, 0.3) is 0 Å². The quantitative estimate of drug-likeness (QED) is 0.774. The predicted molar refractivity (Wildman–Crippen MR) is 72.0 cm³/mol. The summed E-state index contributed by atoms with van der Waals surface area (Å²) in [5, 5.41) is 8.85. The molecule has 1 atom stereocenters. The van der Waals surface area contributed by atoms with Gasteiger partial charge in [-0.25, -0.2) is 0 Å². The fraction of sp³-hybridized carbons (Fsp3) is 0.467. The average molecular weight is 258 g/mol. The lowest BCUT2D eigenvalue weighted by molar-refractivity contribution is 0.00240. The Bertz CT molecular complexity index is 519. The highest BCUT2D eigenvalue weighted by Gasteiger charge is 2.22. The van der Waals surface area contributed by atoms with Crippen LogP contribution < -0.4 is 0 Å². The first kappa shape index (κ1) is 13.7. The predicted octanol–water partition coefficient (Wildman–Crippen LogP) is 1.71. The Labute approximate surface area is 113 Å². The third-order valence-electron chi connectivity index (χ3n) is 3.34. The molecule has 19 heavy (non-hydrogen) atoms. The second kappa shape index (κ2) is 5.96. The third-order valence-corrected chi connectivity index (χ3v) is 3.34. The number of Topliss-reactive ketones (excluding diaryl/α,β-unsaturated/α-hetero) is 1. The van der Waals surface area contributed by atoms with Crippen LogP contribution in [0.3, 0.4) is 0 Å². The van der Waals surface area contributed by atoms with Gasteiger partial charge in [-0.2, -0.15) is 5.26 Å². The van der Waals surface area contributed by atoms with Gasteiger partial charge in [0.2, 0.25) is 0 Å². The van der Waals surface area contributed by atoms with E-state index in [1.807, 2.05) is 36.9 Å². The van der Waals surface area contributed by atoms with Crippen molar-refractivity contribution in [3.63, 3.8) is 0 Å². The highest BCUT2D eigenvalue weighted by atomic mass is 16.5. The number of morpholine rings is 1. The van der Waals surface area contributed by atoms with Crippen molar-refractivity contribution >= 4 is 5.78 Å². The summed E-state index contributed by atoms with van der Waals surface area (Å²) in [6.07, 6.45) is -0.416. The molecule has 0 aliphatic carbocycles. The third kappa shape index (κ3) is 3.40. The van der Waals surface area contributed by atoms with Crippen LogP contribution in [0.1, 0.15) is 21.5 Å². The lowest BCUT2D eigenvalue weighted by atomic mass is 10.0. The van der Waals surface area contributed by atoms with Crippen molar-refractivity contribution in [3.05, 3.63) is 34.9 Å². The highest BCUT2D eigenvalue weighted by Crippen LogP contribution is 2.13. The summed E-state index contributed by atoms with van der Waals surface area (Å²) in [7, 11) is 0. The summed E-state index contributed by atoms with van der Waals surface area (Å²) in [6, 6.07) is 7.95. The van der Waals surface area contributed by atoms with Crippen LogP contribution >= 0.6 is 0 Å². The number of ketones is 1. The molecular weight excluding hydrogens is 240 g/mol. The largest absolute Gasteiger partial charge is 0.361 e. The number of aryl methyl sites for hydroxylation is 2. The van der Waals surface area contributed by atoms with E-state index in [-0.39, 0.29) is 5.78 Å². The zero-order valence-electron chi connectivity index (χ0n) is 11.3. The molecule has 1 aliphatic rings. The van der Waals surface area contributed by atoms with Crippen LogP contribution in [-0.2, 0) is 4.74 Å². The number of carbonyl (C=O) groups is 1. The number of benzene rings is 1. The molecule has 1 aromatic carbocycles. The van der Waals surface area contributed by atoms with Gasteiger partial charge >= 0.3 is 0 Å². The molecule has 0 amide bonds. The minimum Gasteiger partial charge on any atom is -0.361 e. The van der Waals surface area contributed by atoms with Crippen molar-refractivity contribution in [1.29, 1.82) is 5.26 Å². The van der Waals surface area contributed by atoms with Crippen LogP contribution in [0.4, 0.5) is 0 Å². The van der Waals surface area contributed by atoms with E-state index in [0.29, 0.717) is 26.2 Å². The van der Waals surface area contributed by atoms with Gasteiger partial charge in [-0.1, -0.05) is 23.8 Å². The fourth-order valence-corrected chi connectivity index (χ4v) is 2.34. The van der Waals surface area contributed by atoms with E-state index in [0.717, 1.165) is 16.7 Å². The molecule has 0 spiro atoms. The molecule has 100 valence electrons. The minimum absolute atomic E-state index is 0.107. The molecule has 1 aliphatic heterocycles. The van der Waals surface area contributed by atoms with Crippen molar-refractivity contribution in [1.82, 2.24) is 4.90 Å². The summed E-state index contributed by atoms with van der Waals surface area (Å²) in [4.78, 5) is 14.3. The summed E-state index contributed by atoms with van der Waals surface area (Å²) in [5.74, 6) is 0.107. The average Bonchev–Trinajstić information content (AvgIpc) is 2.38. The van der Waals surface area contributed by atoms with Crippen molar-refractivity contribution in [2.45, 2.75) is 20.0 Å². The summed E-state index contributed by atoms with van der Waals surface area (Å²) in [5.41, 5.74) is 2.94. The summed E-state index contributed by atoms with van der Waals surface area (Å²) < 4.78 is 5.27. The number of nitrogens with zero attached hydrogens (tertiary/aromatic N) is 2. The lowest BCUT2D eigenvalue weighted by Crippen LogP contribution is -2.44. The number of carbonyl (C=O) groups excluding carboxylic acids is 1. The molecule has 1 saturated heterocycles. The van der Waals surface area contributed by atoms with E-state index in [4.69, 9.17) is 10.00 Å². The van der Waals surface area contributed by atoms with E-state index in [1.165, 1.54) is 0 Å². The minimum atomic E-state index is -0.416. The van der Waals surface area contributed by atoms with Crippen LogP contribution in [0.5, 0.6) is 0 Å². The second-order valence-corrected chi connectivity index (χ2v) is 4.97. The zero-order chi connectivity index (χ0) is 13.8. The first-order valence-electron chi connectivity index (χ1n) is 6.44. The van der Waals surface area contributed by atoms with Crippen LogP contribution in [0, 0.1) is 25.2 Å². The fourth-order valence-electron chi connectivity index (χ4n) is 2.34. The number of hydrogen-bond donors (Lipinski definition) is 0. The summed E-state index contributed by atoms with van der Waals surface area (Å²) >= 11 is 0. The molecule has 0 saturated carbocycles. The van der Waals surface area contributed by atoms with Crippen molar-refractivity contribution in [2.75, 3.05) is 26.2 Å². The van der Waals surface area contributed by atoms with Gasteiger partial charge in [0.1, 0.15) is 0 Å². The molecule has 4 heteroatoms. The molecule has 0 N–H and O–H groups in total. The Balaban J connectivity index is 2.03. The van der Waals surface area contributed by atoms with Crippen LogP contribution in [0.15, 0.2) is 18.2 Å². The van der Waals surface area contributed by atoms with Gasteiger partial charge in [0.05, 0.1) is 19.2 Å². The van der Waals surface area contributed by atoms with E-state index in [9.17, 15) is 4.79 Å². The Morgan fingerprint density at radius 1 is 1.53 bits per heavy atom. The maximum atomic E-state index is 12.3. The molecule has 1 unspecified atom stereocenters. The topological polar surface area (TPSA) is 53.3 Å². The van der Waals surface area contributed by atoms with Gasteiger partial charge in [0, 0.05) is 18.7 Å². The van der Waals surface area contributed by atoms with Crippen molar-refractivity contribution in [2.24, 2.45) is 0 Å². The Hall–Kier alpha value is -1.70. The number of nitriles is 1. The van der Waals surface area contributed by atoms with E-state index in [2.05, 4.69) is 6.07 Å². The van der Waals surface area contributed by atoms with Gasteiger partial charge in [-0.05, 0) is 19.4 Å². The molecule has 0 aromatic heterocycles. The normalized spacial score (nSPS) is 19.9. The Morgan fingerprint density at radius 3 is 3.00 bits per heavy atom. The molecule has 1 heterocycles. The first-order valence-corrected chi connectivity index (χ1v) is 6.44. The molecule has 2 rings (SSSR count). The number of ether oxygens (including phenoxy) is 1. The van der Waals surface area contributed by atoms with Crippen molar-refractivity contribution < 1.29 is 9.53 Å². The maximum Gasteiger partial charge on any atom is 0.177 e. The standard InChI is InChI=1S/C15H18N2O2/c1-11-3-4-14(12(2)7-11)15(18)10-17-5-6-19-13(8-16)9-17/h3-4,7,13H,5-6,9-10H2,1-2H3. The Kier molecular flexibility index (Phi) is 4.31. The van der Waals surface area contributed by atoms with E-state index in [1.54, 1.807) is 0 Å². The maximum absolute atomic E-state index is 12.3. The van der Waals surface area contributed by atoms with Gasteiger partial charge in [-0.3, -0.25) is 9.69 Å². The monoisotopic (exact) mass is 258 g/mol.